The van der Waals surface area contributed by atoms with Gasteiger partial charge in [0.25, 0.3) is 11.7 Å². The monoisotopic (exact) mass is 209 g/mol. The average Bonchev–Trinajstić information content (AvgIpc) is 2.88. The fourth-order valence-electron chi connectivity index (χ4n) is 2.12. The van der Waals surface area contributed by atoms with Crippen LogP contribution in [0.25, 0.3) is 0 Å². The van der Waals surface area contributed by atoms with Gasteiger partial charge >= 0.3 is 0 Å². The van der Waals surface area contributed by atoms with Gasteiger partial charge in [0.2, 0.25) is 0 Å². The summed E-state index contributed by atoms with van der Waals surface area (Å²) in [5, 5.41) is 13.1. The van der Waals surface area contributed by atoms with Crippen molar-refractivity contribution in [2.45, 2.75) is 32.7 Å². The summed E-state index contributed by atoms with van der Waals surface area (Å²) in [7, 11) is 0. The number of aromatic amines is 1. The maximum atomic E-state index is 12.0. The quantitative estimate of drug-likeness (QED) is 0.767. The lowest BCUT2D eigenvalue weighted by Crippen LogP contribution is -2.39. The molecule has 0 spiro atoms. The molecule has 1 aromatic rings. The van der Waals surface area contributed by atoms with E-state index in [1.54, 1.807) is 0 Å². The molecule has 15 heavy (non-hydrogen) atoms. The maximum Gasteiger partial charge on any atom is 0.295 e. The van der Waals surface area contributed by atoms with Crippen LogP contribution >= 0.6 is 0 Å². The zero-order valence-corrected chi connectivity index (χ0v) is 8.97. The molecule has 1 amide bonds. The van der Waals surface area contributed by atoms with E-state index in [0.29, 0.717) is 12.0 Å². The predicted octanol–water partition coefficient (Wildman–Crippen LogP) is 0.460. The van der Waals surface area contributed by atoms with Crippen LogP contribution in [-0.4, -0.2) is 44.0 Å². The van der Waals surface area contributed by atoms with Gasteiger partial charge in [-0.2, -0.15) is 5.21 Å². The normalized spacial score (nSPS) is 21.3. The number of H-pyrrole nitrogens is 1. The zero-order chi connectivity index (χ0) is 10.8. The Bertz CT molecular complexity index is 334. The molecule has 82 valence electrons. The summed E-state index contributed by atoms with van der Waals surface area (Å²) in [5.74, 6) is 0.533. The van der Waals surface area contributed by atoms with Gasteiger partial charge < -0.3 is 4.90 Å². The molecule has 6 heteroatoms. The molecule has 1 fully saturated rings. The number of nitrogens with zero attached hydrogens (tertiary/aromatic N) is 4. The smallest absolute Gasteiger partial charge is 0.295 e. The molecule has 1 saturated heterocycles. The number of nitrogens with one attached hydrogen (secondary N) is 1. The first-order valence-electron chi connectivity index (χ1n) is 5.24. The Kier molecular flexibility index (Phi) is 2.66. The van der Waals surface area contributed by atoms with Gasteiger partial charge in [0.15, 0.2) is 0 Å². The van der Waals surface area contributed by atoms with Gasteiger partial charge in [0.05, 0.1) is 0 Å². The maximum absolute atomic E-state index is 12.0. The molecule has 0 bridgehead atoms. The van der Waals surface area contributed by atoms with Crippen molar-refractivity contribution < 1.29 is 4.79 Å². The van der Waals surface area contributed by atoms with Crippen LogP contribution in [0.2, 0.25) is 0 Å². The van der Waals surface area contributed by atoms with Crippen LogP contribution in [0.5, 0.6) is 0 Å². The summed E-state index contributed by atoms with van der Waals surface area (Å²) >= 11 is 0. The number of tetrazole rings is 1. The second-order valence-electron chi connectivity index (χ2n) is 4.19. The molecule has 1 aliphatic heterocycles. The van der Waals surface area contributed by atoms with Crippen molar-refractivity contribution in [1.29, 1.82) is 0 Å². The Hall–Kier alpha value is -1.46. The fraction of sp³-hybridized carbons (Fsp3) is 0.778. The molecular weight excluding hydrogens is 194 g/mol. The lowest BCUT2D eigenvalue weighted by atomic mass is 10.0. The van der Waals surface area contributed by atoms with Crippen LogP contribution in [0, 0.1) is 5.92 Å². The first-order chi connectivity index (χ1) is 7.20. The molecule has 1 atom stereocenters. The minimum absolute atomic E-state index is 0.111. The number of hydrogen-bond acceptors (Lipinski definition) is 4. The van der Waals surface area contributed by atoms with Gasteiger partial charge in [0, 0.05) is 12.6 Å². The van der Waals surface area contributed by atoms with Gasteiger partial charge in [-0.1, -0.05) is 13.8 Å². The van der Waals surface area contributed by atoms with E-state index in [-0.39, 0.29) is 11.7 Å². The molecule has 1 N–H and O–H groups in total. The van der Waals surface area contributed by atoms with Crippen molar-refractivity contribution in [1.82, 2.24) is 25.5 Å². The summed E-state index contributed by atoms with van der Waals surface area (Å²) in [4.78, 5) is 13.8. The van der Waals surface area contributed by atoms with Crippen LogP contribution in [0.15, 0.2) is 0 Å². The van der Waals surface area contributed by atoms with E-state index >= 15 is 0 Å². The SMILES string of the molecule is CC(C)C1CCCN1C(=O)c1nn[nH]n1. The van der Waals surface area contributed by atoms with E-state index in [9.17, 15) is 4.79 Å². The van der Waals surface area contributed by atoms with E-state index < -0.39 is 0 Å². The minimum Gasteiger partial charge on any atom is -0.333 e. The molecule has 1 aromatic heterocycles. The highest BCUT2D eigenvalue weighted by molar-refractivity contribution is 5.90. The van der Waals surface area contributed by atoms with Crippen molar-refractivity contribution in [2.75, 3.05) is 6.54 Å². The highest BCUT2D eigenvalue weighted by Crippen LogP contribution is 2.24. The van der Waals surface area contributed by atoms with Crippen molar-refractivity contribution in [3.05, 3.63) is 5.82 Å². The molecular formula is C9H15N5O. The number of amides is 1. The third-order valence-electron chi connectivity index (χ3n) is 2.87. The lowest BCUT2D eigenvalue weighted by Gasteiger charge is -2.26. The number of carbonyl (C=O) groups is 1. The summed E-state index contributed by atoms with van der Waals surface area (Å²) in [6, 6.07) is 0.316. The van der Waals surface area contributed by atoms with E-state index in [0.717, 1.165) is 19.4 Å². The Morgan fingerprint density at radius 3 is 3.00 bits per heavy atom. The van der Waals surface area contributed by atoms with Crippen molar-refractivity contribution in [3.8, 4) is 0 Å². The average molecular weight is 209 g/mol. The van der Waals surface area contributed by atoms with Gasteiger partial charge in [-0.25, -0.2) is 0 Å². The van der Waals surface area contributed by atoms with E-state index in [2.05, 4.69) is 34.5 Å². The highest BCUT2D eigenvalue weighted by Gasteiger charge is 2.32. The molecule has 6 nitrogen and oxygen atoms in total. The van der Waals surface area contributed by atoms with E-state index in [4.69, 9.17) is 0 Å². The second kappa shape index (κ2) is 3.96. The van der Waals surface area contributed by atoms with Crippen LogP contribution in [-0.2, 0) is 0 Å². The molecule has 0 aliphatic carbocycles. The predicted molar refractivity (Wildman–Crippen MR) is 53.1 cm³/mol. The van der Waals surface area contributed by atoms with Crippen LogP contribution in [0.4, 0.5) is 0 Å². The van der Waals surface area contributed by atoms with Gasteiger partial charge in [-0.3, -0.25) is 4.79 Å². The zero-order valence-electron chi connectivity index (χ0n) is 8.97. The minimum atomic E-state index is -0.111. The Morgan fingerprint density at radius 1 is 1.60 bits per heavy atom. The first-order valence-corrected chi connectivity index (χ1v) is 5.24. The van der Waals surface area contributed by atoms with Crippen LogP contribution in [0.3, 0.4) is 0 Å². The van der Waals surface area contributed by atoms with Crippen LogP contribution < -0.4 is 0 Å². The summed E-state index contributed by atoms with van der Waals surface area (Å²) in [6.45, 7) is 5.06. The molecule has 0 radical (unpaired) electrons. The largest absolute Gasteiger partial charge is 0.333 e. The van der Waals surface area contributed by atoms with Gasteiger partial charge in [-0.15, -0.1) is 10.2 Å². The standard InChI is InChI=1S/C9H15N5O/c1-6(2)7-4-3-5-14(7)9(15)8-10-12-13-11-8/h6-7H,3-5H2,1-2H3,(H,10,11,12,13). The van der Waals surface area contributed by atoms with Crippen molar-refractivity contribution in [2.24, 2.45) is 5.92 Å². The highest BCUT2D eigenvalue weighted by atomic mass is 16.2. The van der Waals surface area contributed by atoms with Crippen molar-refractivity contribution >= 4 is 5.91 Å². The Balaban J connectivity index is 2.13. The van der Waals surface area contributed by atoms with Gasteiger partial charge in [0.1, 0.15) is 0 Å². The third-order valence-corrected chi connectivity index (χ3v) is 2.87. The third kappa shape index (κ3) is 1.84. The molecule has 2 rings (SSSR count). The number of likely N-dealkylation sites (tertiary alicyclic amines) is 1. The second-order valence-corrected chi connectivity index (χ2v) is 4.19. The number of rotatable bonds is 2. The summed E-state index contributed by atoms with van der Waals surface area (Å²) < 4.78 is 0. The summed E-state index contributed by atoms with van der Waals surface area (Å²) in [6.07, 6.45) is 2.13. The number of carbonyl (C=O) groups excluding carboxylic acids is 1. The first kappa shape index (κ1) is 10.1. The topological polar surface area (TPSA) is 74.8 Å². The molecule has 0 saturated carbocycles. The fourth-order valence-corrected chi connectivity index (χ4v) is 2.12. The number of aromatic nitrogens is 4. The van der Waals surface area contributed by atoms with Crippen LogP contribution in [0.1, 0.15) is 37.3 Å². The van der Waals surface area contributed by atoms with E-state index in [1.165, 1.54) is 0 Å². The molecule has 1 unspecified atom stereocenters. The Labute approximate surface area is 88.0 Å². The van der Waals surface area contributed by atoms with Gasteiger partial charge in [-0.05, 0) is 24.0 Å². The summed E-state index contributed by atoms with van der Waals surface area (Å²) in [5.41, 5.74) is 0. The molecule has 2 heterocycles. The number of hydrogen-bond donors (Lipinski definition) is 1. The molecule has 1 aliphatic rings. The van der Waals surface area contributed by atoms with Crippen molar-refractivity contribution in [3.63, 3.8) is 0 Å². The lowest BCUT2D eigenvalue weighted by molar-refractivity contribution is 0.0689. The molecule has 0 aromatic carbocycles. The Morgan fingerprint density at radius 2 is 2.40 bits per heavy atom. The van der Waals surface area contributed by atoms with E-state index in [1.807, 2.05) is 4.90 Å².